The van der Waals surface area contributed by atoms with Crippen molar-refractivity contribution in [2.24, 2.45) is 0 Å². The van der Waals surface area contributed by atoms with E-state index in [2.05, 4.69) is 5.32 Å². The summed E-state index contributed by atoms with van der Waals surface area (Å²) in [5.41, 5.74) is -0.214. The minimum Gasteiger partial charge on any atom is -0.373 e. The first-order chi connectivity index (χ1) is 8.97. The largest absolute Gasteiger partial charge is 0.373 e. The molecule has 0 aliphatic carbocycles. The lowest BCUT2D eigenvalue weighted by atomic mass is 9.85. The first-order valence-electron chi connectivity index (χ1n) is 6.07. The third kappa shape index (κ3) is 3.07. The zero-order chi connectivity index (χ0) is 15.1. The molecule has 1 N–H and O–H groups in total. The van der Waals surface area contributed by atoms with Crippen molar-refractivity contribution in [1.82, 2.24) is 5.32 Å². The highest BCUT2D eigenvalue weighted by Gasteiger charge is 2.65. The van der Waals surface area contributed by atoms with E-state index in [4.69, 9.17) is 4.74 Å². The number of hydrogen-bond donors (Lipinski definition) is 1. The van der Waals surface area contributed by atoms with Crippen molar-refractivity contribution in [2.75, 3.05) is 20.2 Å². The Morgan fingerprint density at radius 3 is 1.90 bits per heavy atom. The molecule has 0 saturated carbocycles. The second kappa shape index (κ2) is 4.08. The molecule has 1 aliphatic rings. The lowest BCUT2D eigenvalue weighted by Crippen LogP contribution is -2.41. The maximum absolute atomic E-state index is 12.7. The van der Waals surface area contributed by atoms with Gasteiger partial charge in [0.2, 0.25) is 0 Å². The van der Waals surface area contributed by atoms with Crippen LogP contribution in [0.1, 0.15) is 18.4 Å². The van der Waals surface area contributed by atoms with E-state index in [-0.39, 0.29) is 0 Å². The topological polar surface area (TPSA) is 21.3 Å². The number of benzene rings is 1. The van der Waals surface area contributed by atoms with Gasteiger partial charge < -0.3 is 10.1 Å². The van der Waals surface area contributed by atoms with Gasteiger partial charge in [0.1, 0.15) is 4.90 Å². The van der Waals surface area contributed by atoms with Crippen LogP contribution in [-0.2, 0) is 10.3 Å². The summed E-state index contributed by atoms with van der Waals surface area (Å²) in [5.74, 6) is 0. The van der Waals surface area contributed by atoms with Crippen molar-refractivity contribution in [3.8, 4) is 0 Å². The maximum Gasteiger partial charge on any atom is 0.310 e. The third-order valence-electron chi connectivity index (χ3n) is 3.63. The second-order valence-electron chi connectivity index (χ2n) is 4.94. The molecular formula is C12H16F5NOS. The van der Waals surface area contributed by atoms with Gasteiger partial charge in [0.25, 0.3) is 0 Å². The maximum atomic E-state index is 12.7. The van der Waals surface area contributed by atoms with E-state index in [0.717, 1.165) is 12.1 Å². The van der Waals surface area contributed by atoms with Crippen LogP contribution in [0.15, 0.2) is 29.2 Å². The summed E-state index contributed by atoms with van der Waals surface area (Å²) < 4.78 is 68.7. The van der Waals surface area contributed by atoms with Gasteiger partial charge in [-0.3, -0.25) is 0 Å². The number of ether oxygens (including phenoxy) is 1. The van der Waals surface area contributed by atoms with Gasteiger partial charge in [-0.15, -0.1) is 0 Å². The fraction of sp³-hybridized carbons (Fsp3) is 0.500. The zero-order valence-electron chi connectivity index (χ0n) is 10.8. The average Bonchev–Trinajstić information content (AvgIpc) is 2.37. The second-order valence-corrected chi connectivity index (χ2v) is 7.35. The van der Waals surface area contributed by atoms with Crippen molar-refractivity contribution in [2.45, 2.75) is 23.3 Å². The van der Waals surface area contributed by atoms with Crippen molar-refractivity contribution in [3.63, 3.8) is 0 Å². The van der Waals surface area contributed by atoms with Crippen molar-refractivity contribution < 1.29 is 24.2 Å². The molecule has 1 aromatic rings. The SMILES string of the molecule is COC1(c2ccc(S(F)(F)(F)(F)F)cc2)CCNCC1. The molecule has 0 amide bonds. The van der Waals surface area contributed by atoms with Crippen molar-refractivity contribution in [3.05, 3.63) is 29.8 Å². The summed E-state index contributed by atoms with van der Waals surface area (Å²) in [4.78, 5) is -1.87. The Bertz CT molecular complexity index is 492. The van der Waals surface area contributed by atoms with Crippen molar-refractivity contribution in [1.29, 1.82) is 0 Å². The molecule has 1 aliphatic heterocycles. The molecule has 1 fully saturated rings. The van der Waals surface area contributed by atoms with Crippen molar-refractivity contribution >= 4 is 10.2 Å². The monoisotopic (exact) mass is 317 g/mol. The van der Waals surface area contributed by atoms with Gasteiger partial charge in [-0.05, 0) is 43.6 Å². The molecule has 0 unspecified atom stereocenters. The van der Waals surface area contributed by atoms with Gasteiger partial charge in [-0.2, -0.15) is 0 Å². The highest BCUT2D eigenvalue weighted by atomic mass is 32.5. The number of hydrogen-bond acceptors (Lipinski definition) is 2. The van der Waals surface area contributed by atoms with E-state index in [1.165, 1.54) is 7.11 Å². The molecule has 116 valence electrons. The number of halogens is 5. The number of rotatable bonds is 3. The van der Waals surface area contributed by atoms with Gasteiger partial charge >= 0.3 is 10.2 Å². The summed E-state index contributed by atoms with van der Waals surface area (Å²) >= 11 is 0. The first kappa shape index (κ1) is 15.5. The van der Waals surface area contributed by atoms with Crippen LogP contribution in [0.5, 0.6) is 0 Å². The van der Waals surface area contributed by atoms with E-state index in [1.54, 1.807) is 0 Å². The minimum atomic E-state index is -9.60. The lowest BCUT2D eigenvalue weighted by Gasteiger charge is -2.41. The van der Waals surface area contributed by atoms with E-state index < -0.39 is 20.7 Å². The van der Waals surface area contributed by atoms with Crippen LogP contribution >= 0.6 is 10.2 Å². The van der Waals surface area contributed by atoms with Crippen LogP contribution in [0.4, 0.5) is 19.4 Å². The highest BCUT2D eigenvalue weighted by molar-refractivity contribution is 8.45. The molecule has 2 nitrogen and oxygen atoms in total. The Balaban J connectivity index is 2.38. The standard InChI is InChI=1S/C12H16F5NOS/c1-19-12(6-8-18-9-7-12)10-2-4-11(5-3-10)20(13,14,15,16)17/h2-5,18H,6-9H2,1H3. The van der Waals surface area contributed by atoms with Crippen LogP contribution in [0.25, 0.3) is 0 Å². The Labute approximate surface area is 114 Å². The molecule has 0 aromatic heterocycles. The predicted molar refractivity (Wildman–Crippen MR) is 68.6 cm³/mol. The van der Waals surface area contributed by atoms with E-state index in [1.807, 2.05) is 0 Å². The van der Waals surface area contributed by atoms with Gasteiger partial charge in [-0.25, -0.2) is 0 Å². The predicted octanol–water partition coefficient (Wildman–Crippen LogP) is 4.57. The molecule has 1 aromatic carbocycles. The smallest absolute Gasteiger partial charge is 0.310 e. The summed E-state index contributed by atoms with van der Waals surface area (Å²) in [7, 11) is -8.12. The van der Waals surface area contributed by atoms with Crippen LogP contribution in [-0.4, -0.2) is 20.2 Å². The molecule has 20 heavy (non-hydrogen) atoms. The molecule has 1 saturated heterocycles. The summed E-state index contributed by atoms with van der Waals surface area (Å²) in [5, 5.41) is 3.12. The summed E-state index contributed by atoms with van der Waals surface area (Å²) in [6.45, 7) is 1.33. The molecule has 0 radical (unpaired) electrons. The van der Waals surface area contributed by atoms with Gasteiger partial charge in [0.05, 0.1) is 5.60 Å². The van der Waals surface area contributed by atoms with Gasteiger partial charge in [0, 0.05) is 7.11 Å². The average molecular weight is 317 g/mol. The Morgan fingerprint density at radius 2 is 1.50 bits per heavy atom. The summed E-state index contributed by atoms with van der Waals surface area (Å²) in [6, 6.07) is 3.06. The first-order valence-corrected chi connectivity index (χ1v) is 8.02. The van der Waals surface area contributed by atoms with E-state index >= 15 is 0 Å². The summed E-state index contributed by atoms with van der Waals surface area (Å²) in [6.07, 6.45) is 1.17. The fourth-order valence-corrected chi connectivity index (χ4v) is 3.11. The molecule has 1 heterocycles. The van der Waals surface area contributed by atoms with E-state index in [0.29, 0.717) is 43.6 Å². The number of piperidine rings is 1. The van der Waals surface area contributed by atoms with Crippen LogP contribution in [0.3, 0.4) is 0 Å². The molecular weight excluding hydrogens is 301 g/mol. The van der Waals surface area contributed by atoms with Crippen LogP contribution in [0, 0.1) is 0 Å². The molecule has 0 atom stereocenters. The van der Waals surface area contributed by atoms with Crippen LogP contribution < -0.4 is 5.32 Å². The molecule has 0 bridgehead atoms. The fourth-order valence-electron chi connectivity index (χ4n) is 2.46. The molecule has 0 spiro atoms. The lowest BCUT2D eigenvalue weighted by molar-refractivity contribution is -0.0391. The highest BCUT2D eigenvalue weighted by Crippen LogP contribution is 3.02. The Hall–Kier alpha value is -0.860. The molecule has 2 rings (SSSR count). The molecule has 8 heteroatoms. The minimum absolute atomic E-state index is 0.444. The van der Waals surface area contributed by atoms with Crippen LogP contribution in [0.2, 0.25) is 0 Å². The van der Waals surface area contributed by atoms with Gasteiger partial charge in [0.15, 0.2) is 0 Å². The number of methoxy groups -OCH3 is 1. The number of nitrogens with one attached hydrogen (secondary N) is 1. The van der Waals surface area contributed by atoms with Gasteiger partial charge in [-0.1, -0.05) is 31.6 Å². The zero-order valence-corrected chi connectivity index (χ0v) is 11.7. The quantitative estimate of drug-likeness (QED) is 0.825. The Morgan fingerprint density at radius 1 is 1.00 bits per heavy atom. The Kier molecular flexibility index (Phi) is 3.17. The normalized spacial score (nSPS) is 22.9. The van der Waals surface area contributed by atoms with E-state index in [9.17, 15) is 19.4 Å². The third-order valence-corrected chi connectivity index (χ3v) is 4.79.